The zero-order valence-corrected chi connectivity index (χ0v) is 12.9. The number of aromatic nitrogens is 2. The number of nitrogens with two attached hydrogens (primary N) is 1. The Labute approximate surface area is 118 Å². The maximum absolute atomic E-state index is 5.73. The van der Waals surface area contributed by atoms with Crippen molar-refractivity contribution in [3.05, 3.63) is 15.9 Å². The molecule has 0 atom stereocenters. The SMILES string of the molecule is CCn1nc(C)c(Br)c1CN1CCC(CN)CC1. The highest BCUT2D eigenvalue weighted by atomic mass is 79.9. The second-order valence-electron chi connectivity index (χ2n) is 5.12. The average Bonchev–Trinajstić information content (AvgIpc) is 2.67. The third kappa shape index (κ3) is 2.95. The van der Waals surface area contributed by atoms with Crippen molar-refractivity contribution in [2.45, 2.75) is 39.8 Å². The minimum absolute atomic E-state index is 0.725. The van der Waals surface area contributed by atoms with Gasteiger partial charge in [-0.15, -0.1) is 0 Å². The van der Waals surface area contributed by atoms with Crippen LogP contribution in [0.15, 0.2) is 4.47 Å². The van der Waals surface area contributed by atoms with Crippen LogP contribution in [0.2, 0.25) is 0 Å². The molecule has 5 heteroatoms. The number of rotatable bonds is 4. The summed E-state index contributed by atoms with van der Waals surface area (Å²) in [5.74, 6) is 0.725. The zero-order valence-electron chi connectivity index (χ0n) is 11.3. The number of piperidine rings is 1. The van der Waals surface area contributed by atoms with Crippen molar-refractivity contribution >= 4 is 15.9 Å². The maximum Gasteiger partial charge on any atom is 0.0739 e. The van der Waals surface area contributed by atoms with Crippen molar-refractivity contribution < 1.29 is 0 Å². The van der Waals surface area contributed by atoms with Gasteiger partial charge in [0.15, 0.2) is 0 Å². The molecule has 0 aromatic carbocycles. The normalized spacial score (nSPS) is 18.4. The summed E-state index contributed by atoms with van der Waals surface area (Å²) >= 11 is 3.66. The van der Waals surface area contributed by atoms with Gasteiger partial charge >= 0.3 is 0 Å². The second-order valence-corrected chi connectivity index (χ2v) is 5.91. The lowest BCUT2D eigenvalue weighted by molar-refractivity contribution is 0.176. The lowest BCUT2D eigenvalue weighted by Crippen LogP contribution is -2.36. The van der Waals surface area contributed by atoms with E-state index in [1.165, 1.54) is 23.0 Å². The Balaban J connectivity index is 2.02. The Morgan fingerprint density at radius 1 is 1.39 bits per heavy atom. The molecular formula is C13H23BrN4. The Morgan fingerprint density at radius 3 is 2.61 bits per heavy atom. The van der Waals surface area contributed by atoms with Crippen molar-refractivity contribution in [2.75, 3.05) is 19.6 Å². The summed E-state index contributed by atoms with van der Waals surface area (Å²) in [6, 6.07) is 0. The van der Waals surface area contributed by atoms with Gasteiger partial charge in [-0.3, -0.25) is 9.58 Å². The molecule has 0 radical (unpaired) electrons. The predicted octanol–water partition coefficient (Wildman–Crippen LogP) is 2.14. The standard InChI is InChI=1S/C13H23BrN4/c1-3-18-12(13(14)10(2)16-18)9-17-6-4-11(8-15)5-7-17/h11H,3-9,15H2,1-2H3. The fraction of sp³-hybridized carbons (Fsp3) is 0.769. The quantitative estimate of drug-likeness (QED) is 0.926. The van der Waals surface area contributed by atoms with Crippen molar-refractivity contribution in [1.82, 2.24) is 14.7 Å². The van der Waals surface area contributed by atoms with E-state index in [1.807, 2.05) is 0 Å². The molecule has 1 aromatic heterocycles. The van der Waals surface area contributed by atoms with E-state index in [-0.39, 0.29) is 0 Å². The van der Waals surface area contributed by atoms with E-state index in [4.69, 9.17) is 5.73 Å². The first kappa shape index (κ1) is 14.0. The van der Waals surface area contributed by atoms with Gasteiger partial charge in [0.1, 0.15) is 0 Å². The average molecular weight is 315 g/mol. The molecule has 2 rings (SSSR count). The van der Waals surface area contributed by atoms with Gasteiger partial charge in [-0.05, 0) is 68.2 Å². The molecule has 0 unspecified atom stereocenters. The molecule has 0 saturated carbocycles. The summed E-state index contributed by atoms with van der Waals surface area (Å²) in [5, 5.41) is 4.55. The number of aryl methyl sites for hydroxylation is 2. The van der Waals surface area contributed by atoms with Gasteiger partial charge in [-0.1, -0.05) is 0 Å². The molecule has 0 spiro atoms. The van der Waals surface area contributed by atoms with Gasteiger partial charge in [0.05, 0.1) is 15.9 Å². The molecular weight excluding hydrogens is 292 g/mol. The Hall–Kier alpha value is -0.390. The van der Waals surface area contributed by atoms with Crippen LogP contribution in [0.1, 0.15) is 31.2 Å². The lowest BCUT2D eigenvalue weighted by atomic mass is 9.97. The highest BCUT2D eigenvalue weighted by Gasteiger charge is 2.21. The molecule has 18 heavy (non-hydrogen) atoms. The lowest BCUT2D eigenvalue weighted by Gasteiger charge is -2.31. The van der Waals surface area contributed by atoms with E-state index in [1.54, 1.807) is 0 Å². The summed E-state index contributed by atoms with van der Waals surface area (Å²) in [6.07, 6.45) is 2.46. The zero-order chi connectivity index (χ0) is 13.1. The third-order valence-corrected chi connectivity index (χ3v) is 4.90. The van der Waals surface area contributed by atoms with E-state index >= 15 is 0 Å². The largest absolute Gasteiger partial charge is 0.330 e. The second kappa shape index (κ2) is 6.17. The smallest absolute Gasteiger partial charge is 0.0739 e. The summed E-state index contributed by atoms with van der Waals surface area (Å²) < 4.78 is 3.28. The summed E-state index contributed by atoms with van der Waals surface area (Å²) in [5.41, 5.74) is 8.13. The Bertz CT molecular complexity index is 394. The van der Waals surface area contributed by atoms with Gasteiger partial charge in [-0.25, -0.2) is 0 Å². The van der Waals surface area contributed by atoms with E-state index in [0.717, 1.165) is 44.3 Å². The monoisotopic (exact) mass is 314 g/mol. The summed E-state index contributed by atoms with van der Waals surface area (Å²) in [6.45, 7) is 9.27. The summed E-state index contributed by atoms with van der Waals surface area (Å²) in [7, 11) is 0. The van der Waals surface area contributed by atoms with Crippen LogP contribution in [0, 0.1) is 12.8 Å². The molecule has 1 aliphatic rings. The number of nitrogens with zero attached hydrogens (tertiary/aromatic N) is 3. The van der Waals surface area contributed by atoms with Crippen LogP contribution in [0.3, 0.4) is 0 Å². The number of hydrogen-bond donors (Lipinski definition) is 1. The number of hydrogen-bond acceptors (Lipinski definition) is 3. The molecule has 0 amide bonds. The van der Waals surface area contributed by atoms with Gasteiger partial charge in [0.2, 0.25) is 0 Å². The molecule has 2 heterocycles. The molecule has 1 aliphatic heterocycles. The molecule has 1 saturated heterocycles. The van der Waals surface area contributed by atoms with E-state index in [0.29, 0.717) is 0 Å². The van der Waals surface area contributed by atoms with E-state index in [2.05, 4.69) is 44.5 Å². The molecule has 4 nitrogen and oxygen atoms in total. The third-order valence-electron chi connectivity index (χ3n) is 3.87. The molecule has 0 aliphatic carbocycles. The first-order valence-electron chi connectivity index (χ1n) is 6.79. The van der Waals surface area contributed by atoms with Gasteiger partial charge in [-0.2, -0.15) is 5.10 Å². The Morgan fingerprint density at radius 2 is 2.06 bits per heavy atom. The van der Waals surface area contributed by atoms with E-state index < -0.39 is 0 Å². The highest BCUT2D eigenvalue weighted by molar-refractivity contribution is 9.10. The molecule has 102 valence electrons. The molecule has 1 fully saturated rings. The van der Waals surface area contributed by atoms with Gasteiger partial charge in [0, 0.05) is 13.1 Å². The van der Waals surface area contributed by atoms with Crippen molar-refractivity contribution in [3.8, 4) is 0 Å². The predicted molar refractivity (Wildman–Crippen MR) is 77.4 cm³/mol. The fourth-order valence-electron chi connectivity index (χ4n) is 2.61. The van der Waals surface area contributed by atoms with Crippen molar-refractivity contribution in [3.63, 3.8) is 0 Å². The summed E-state index contributed by atoms with van der Waals surface area (Å²) in [4.78, 5) is 2.51. The van der Waals surface area contributed by atoms with Crippen LogP contribution in [-0.4, -0.2) is 34.3 Å². The molecule has 1 aromatic rings. The fourth-order valence-corrected chi connectivity index (χ4v) is 3.02. The number of likely N-dealkylation sites (tertiary alicyclic amines) is 1. The first-order chi connectivity index (χ1) is 8.65. The van der Waals surface area contributed by atoms with Crippen LogP contribution in [-0.2, 0) is 13.1 Å². The Kier molecular flexibility index (Phi) is 4.81. The van der Waals surface area contributed by atoms with Gasteiger partial charge in [0.25, 0.3) is 0 Å². The number of halogens is 1. The topological polar surface area (TPSA) is 47.1 Å². The van der Waals surface area contributed by atoms with Crippen LogP contribution in [0.25, 0.3) is 0 Å². The highest BCUT2D eigenvalue weighted by Crippen LogP contribution is 2.24. The van der Waals surface area contributed by atoms with Crippen molar-refractivity contribution in [2.24, 2.45) is 11.7 Å². The van der Waals surface area contributed by atoms with Crippen LogP contribution in [0.5, 0.6) is 0 Å². The van der Waals surface area contributed by atoms with Gasteiger partial charge < -0.3 is 5.73 Å². The first-order valence-corrected chi connectivity index (χ1v) is 7.59. The van der Waals surface area contributed by atoms with Crippen molar-refractivity contribution in [1.29, 1.82) is 0 Å². The van der Waals surface area contributed by atoms with Crippen LogP contribution < -0.4 is 5.73 Å². The van der Waals surface area contributed by atoms with E-state index in [9.17, 15) is 0 Å². The minimum atomic E-state index is 0.725. The van der Waals surface area contributed by atoms with Crippen LogP contribution >= 0.6 is 15.9 Å². The minimum Gasteiger partial charge on any atom is -0.330 e. The van der Waals surface area contributed by atoms with Crippen LogP contribution in [0.4, 0.5) is 0 Å². The molecule has 2 N–H and O–H groups in total. The molecule has 0 bridgehead atoms. The maximum atomic E-state index is 5.73.